The third kappa shape index (κ3) is 1.54. The van der Waals surface area contributed by atoms with E-state index in [1.165, 1.54) is 0 Å². The predicted octanol–water partition coefficient (Wildman–Crippen LogP) is 0.514. The number of nitrogens with two attached hydrogens (primary N) is 1. The highest BCUT2D eigenvalue weighted by atomic mass is 16.5. The van der Waals surface area contributed by atoms with Crippen LogP contribution in [0.2, 0.25) is 0 Å². The smallest absolute Gasteiger partial charge is 0.137 e. The Hall–Kier alpha value is -0.960. The predicted molar refractivity (Wildman–Crippen MR) is 42.6 cm³/mol. The number of allylic oxidation sites excluding steroid dienone is 1. The number of hydrogen-bond donors (Lipinski definition) is 2. The number of ether oxygens (including phenoxy) is 1. The molecule has 0 spiro atoms. The molecule has 3 N–H and O–H groups in total. The molecule has 0 heterocycles. The summed E-state index contributed by atoms with van der Waals surface area (Å²) in [6, 6.07) is 0. The number of aliphatic hydroxyl groups is 1. The molecule has 3 nitrogen and oxygen atoms in total. The zero-order valence-electron chi connectivity index (χ0n) is 6.79. The van der Waals surface area contributed by atoms with E-state index in [1.54, 1.807) is 13.2 Å². The van der Waals surface area contributed by atoms with Crippen molar-refractivity contribution in [2.24, 2.45) is 5.73 Å². The first-order chi connectivity index (χ1) is 5.15. The lowest BCUT2D eigenvalue weighted by Crippen LogP contribution is -2.19. The molecule has 0 radical (unpaired) electrons. The normalized spacial score (nSPS) is 25.0. The van der Waals surface area contributed by atoms with Gasteiger partial charge in [0.2, 0.25) is 0 Å². The molecule has 0 amide bonds. The molecular formula is C8H13NO2. The van der Waals surface area contributed by atoms with Crippen LogP contribution in [-0.4, -0.2) is 18.3 Å². The third-order valence-electron chi connectivity index (χ3n) is 1.83. The van der Waals surface area contributed by atoms with Gasteiger partial charge in [0.15, 0.2) is 0 Å². The fourth-order valence-electron chi connectivity index (χ4n) is 1.06. The van der Waals surface area contributed by atoms with Gasteiger partial charge >= 0.3 is 0 Å². The Bertz CT molecular complexity index is 218. The third-order valence-corrected chi connectivity index (χ3v) is 1.83. The van der Waals surface area contributed by atoms with Crippen LogP contribution in [-0.2, 0) is 4.74 Å². The van der Waals surface area contributed by atoms with E-state index in [1.807, 2.05) is 6.92 Å². The first-order valence-electron chi connectivity index (χ1n) is 3.54. The molecule has 3 heteroatoms. The Morgan fingerprint density at radius 1 is 1.73 bits per heavy atom. The van der Waals surface area contributed by atoms with E-state index in [9.17, 15) is 5.11 Å². The van der Waals surface area contributed by atoms with E-state index in [4.69, 9.17) is 10.5 Å². The van der Waals surface area contributed by atoms with E-state index in [0.717, 1.165) is 5.57 Å². The maximum atomic E-state index is 9.32. The molecule has 0 saturated carbocycles. The lowest BCUT2D eigenvalue weighted by molar-refractivity contribution is 0.199. The Morgan fingerprint density at radius 3 is 2.91 bits per heavy atom. The van der Waals surface area contributed by atoms with Crippen LogP contribution in [0.1, 0.15) is 13.3 Å². The number of hydrogen-bond acceptors (Lipinski definition) is 3. The summed E-state index contributed by atoms with van der Waals surface area (Å²) in [5, 5.41) is 9.32. The summed E-state index contributed by atoms with van der Waals surface area (Å²) in [7, 11) is 1.57. The second-order valence-corrected chi connectivity index (χ2v) is 2.70. The van der Waals surface area contributed by atoms with E-state index < -0.39 is 6.10 Å². The minimum atomic E-state index is -0.436. The lowest BCUT2D eigenvalue weighted by Gasteiger charge is -2.19. The highest BCUT2D eigenvalue weighted by molar-refractivity contribution is 5.29. The van der Waals surface area contributed by atoms with Crippen LogP contribution in [0.4, 0.5) is 0 Å². The Labute approximate surface area is 66.2 Å². The summed E-state index contributed by atoms with van der Waals surface area (Å²) >= 11 is 0. The Balaban J connectivity index is 2.87. The molecule has 1 aliphatic carbocycles. The summed E-state index contributed by atoms with van der Waals surface area (Å²) in [5.74, 6) is 0.674. The van der Waals surface area contributed by atoms with Crippen molar-refractivity contribution in [3.05, 3.63) is 23.1 Å². The van der Waals surface area contributed by atoms with Gasteiger partial charge in [0.25, 0.3) is 0 Å². The lowest BCUT2D eigenvalue weighted by atomic mass is 10.00. The van der Waals surface area contributed by atoms with Crippen LogP contribution in [0.3, 0.4) is 0 Å². The van der Waals surface area contributed by atoms with E-state index in [0.29, 0.717) is 17.9 Å². The number of methoxy groups -OCH3 is 1. The molecule has 0 aromatic heterocycles. The molecule has 0 saturated heterocycles. The largest absolute Gasteiger partial charge is 0.495 e. The zero-order valence-corrected chi connectivity index (χ0v) is 6.79. The average molecular weight is 155 g/mol. The molecule has 11 heavy (non-hydrogen) atoms. The molecule has 0 fully saturated rings. The topological polar surface area (TPSA) is 55.5 Å². The monoisotopic (exact) mass is 155 g/mol. The van der Waals surface area contributed by atoms with Crippen molar-refractivity contribution in [3.8, 4) is 0 Å². The van der Waals surface area contributed by atoms with Gasteiger partial charge in [0, 0.05) is 6.42 Å². The molecule has 1 aliphatic rings. The molecule has 0 aromatic carbocycles. The summed E-state index contributed by atoms with van der Waals surface area (Å²) in [6.07, 6.45) is 1.81. The minimum Gasteiger partial charge on any atom is -0.495 e. The molecule has 1 unspecified atom stereocenters. The highest BCUT2D eigenvalue weighted by Crippen LogP contribution is 2.20. The standard InChI is InChI=1S/C8H13NO2/c1-5-3-8(11-2)6(9)4-7(5)10/h3,7,10H,4,9H2,1-2H3. The van der Waals surface area contributed by atoms with Crippen molar-refractivity contribution in [1.82, 2.24) is 0 Å². The molecule has 0 aliphatic heterocycles. The maximum Gasteiger partial charge on any atom is 0.137 e. The highest BCUT2D eigenvalue weighted by Gasteiger charge is 2.16. The molecular weight excluding hydrogens is 142 g/mol. The molecule has 1 atom stereocenters. The second-order valence-electron chi connectivity index (χ2n) is 2.70. The van der Waals surface area contributed by atoms with Crippen molar-refractivity contribution < 1.29 is 9.84 Å². The summed E-state index contributed by atoms with van der Waals surface area (Å²) < 4.78 is 4.99. The van der Waals surface area contributed by atoms with Crippen molar-refractivity contribution >= 4 is 0 Å². The van der Waals surface area contributed by atoms with Gasteiger partial charge in [-0.1, -0.05) is 0 Å². The van der Waals surface area contributed by atoms with Crippen molar-refractivity contribution in [2.45, 2.75) is 19.4 Å². The van der Waals surface area contributed by atoms with Crippen LogP contribution < -0.4 is 5.73 Å². The second kappa shape index (κ2) is 2.96. The molecule has 62 valence electrons. The van der Waals surface area contributed by atoms with Gasteiger partial charge < -0.3 is 15.6 Å². The van der Waals surface area contributed by atoms with Crippen LogP contribution in [0.5, 0.6) is 0 Å². The maximum absolute atomic E-state index is 9.32. The first-order valence-corrected chi connectivity index (χ1v) is 3.54. The summed E-state index contributed by atoms with van der Waals surface area (Å²) in [5.41, 5.74) is 7.11. The van der Waals surface area contributed by atoms with Gasteiger partial charge in [0.05, 0.1) is 18.9 Å². The quantitative estimate of drug-likeness (QED) is 0.580. The van der Waals surface area contributed by atoms with Crippen LogP contribution in [0.25, 0.3) is 0 Å². The van der Waals surface area contributed by atoms with Gasteiger partial charge in [-0.15, -0.1) is 0 Å². The van der Waals surface area contributed by atoms with Gasteiger partial charge in [0.1, 0.15) is 5.76 Å². The molecule has 0 bridgehead atoms. The van der Waals surface area contributed by atoms with E-state index in [2.05, 4.69) is 0 Å². The SMILES string of the molecule is COC1=C(N)CC(O)C(C)=C1. The molecule has 0 aromatic rings. The fraction of sp³-hybridized carbons (Fsp3) is 0.500. The first kappa shape index (κ1) is 8.14. The van der Waals surface area contributed by atoms with E-state index in [-0.39, 0.29) is 0 Å². The van der Waals surface area contributed by atoms with Crippen LogP contribution in [0.15, 0.2) is 23.1 Å². The van der Waals surface area contributed by atoms with Crippen molar-refractivity contribution in [2.75, 3.05) is 7.11 Å². The zero-order chi connectivity index (χ0) is 8.43. The van der Waals surface area contributed by atoms with Gasteiger partial charge in [-0.05, 0) is 18.6 Å². The molecule has 1 rings (SSSR count). The minimum absolute atomic E-state index is 0.436. The number of rotatable bonds is 1. The summed E-state index contributed by atoms with van der Waals surface area (Å²) in [6.45, 7) is 1.86. The van der Waals surface area contributed by atoms with Gasteiger partial charge in [-0.25, -0.2) is 0 Å². The number of aliphatic hydroxyl groups excluding tert-OH is 1. The van der Waals surface area contributed by atoms with Gasteiger partial charge in [-0.3, -0.25) is 0 Å². The fourth-order valence-corrected chi connectivity index (χ4v) is 1.06. The summed E-state index contributed by atoms with van der Waals surface area (Å²) in [4.78, 5) is 0. The van der Waals surface area contributed by atoms with E-state index >= 15 is 0 Å². The van der Waals surface area contributed by atoms with Gasteiger partial charge in [-0.2, -0.15) is 0 Å². The van der Waals surface area contributed by atoms with Crippen molar-refractivity contribution in [1.29, 1.82) is 0 Å². The van der Waals surface area contributed by atoms with Crippen LogP contribution >= 0.6 is 0 Å². The van der Waals surface area contributed by atoms with Crippen molar-refractivity contribution in [3.63, 3.8) is 0 Å². The average Bonchev–Trinajstić information content (AvgIpc) is 1.97. The Kier molecular flexibility index (Phi) is 2.19. The Morgan fingerprint density at radius 2 is 2.36 bits per heavy atom. The van der Waals surface area contributed by atoms with Crippen LogP contribution in [0, 0.1) is 0 Å².